The van der Waals surface area contributed by atoms with Gasteiger partial charge in [-0.25, -0.2) is 9.69 Å². The Morgan fingerprint density at radius 2 is 1.77 bits per heavy atom. The summed E-state index contributed by atoms with van der Waals surface area (Å²) >= 11 is 9.54. The van der Waals surface area contributed by atoms with Gasteiger partial charge < -0.3 is 24.3 Å². The maximum Gasteiger partial charge on any atom is 0.335 e. The van der Waals surface area contributed by atoms with E-state index in [1.165, 1.54) is 25.3 Å². The Morgan fingerprint density at radius 3 is 2.48 bits per heavy atom. The third kappa shape index (κ3) is 7.50. The zero-order chi connectivity index (χ0) is 31.8. The topological polar surface area (TPSA) is 132 Å². The van der Waals surface area contributed by atoms with Crippen molar-refractivity contribution in [2.45, 2.75) is 20.3 Å². The van der Waals surface area contributed by atoms with Crippen LogP contribution >= 0.6 is 27.5 Å². The number of urea groups is 1. The van der Waals surface area contributed by atoms with Crippen molar-refractivity contribution in [2.24, 2.45) is 0 Å². The van der Waals surface area contributed by atoms with Crippen LogP contribution in [0, 0.1) is 0 Å². The predicted molar refractivity (Wildman–Crippen MR) is 169 cm³/mol. The zero-order valence-corrected chi connectivity index (χ0v) is 26.4. The maximum absolute atomic E-state index is 13.5. The van der Waals surface area contributed by atoms with Gasteiger partial charge >= 0.3 is 6.03 Å². The third-order valence-electron chi connectivity index (χ3n) is 6.11. The first-order valence-corrected chi connectivity index (χ1v) is 14.7. The molecule has 0 unspecified atom stereocenters. The normalized spacial score (nSPS) is 13.9. The highest BCUT2D eigenvalue weighted by molar-refractivity contribution is 9.10. The minimum Gasteiger partial charge on any atom is -0.493 e. The average molecular weight is 687 g/mol. The van der Waals surface area contributed by atoms with E-state index in [1.54, 1.807) is 49.4 Å². The Hall–Kier alpha value is -4.55. The molecular weight excluding hydrogens is 658 g/mol. The zero-order valence-electron chi connectivity index (χ0n) is 24.1. The number of rotatable bonds is 12. The Kier molecular flexibility index (Phi) is 10.9. The smallest absolute Gasteiger partial charge is 0.335 e. The van der Waals surface area contributed by atoms with Crippen molar-refractivity contribution in [1.29, 1.82) is 0 Å². The van der Waals surface area contributed by atoms with Crippen LogP contribution in [0.5, 0.6) is 23.0 Å². The van der Waals surface area contributed by atoms with Crippen molar-refractivity contribution in [3.05, 3.63) is 75.2 Å². The fraction of sp³-hybridized carbons (Fsp3) is 0.226. The van der Waals surface area contributed by atoms with Crippen LogP contribution in [0.4, 0.5) is 16.2 Å². The second kappa shape index (κ2) is 14.8. The summed E-state index contributed by atoms with van der Waals surface area (Å²) in [6, 6.07) is 13.6. The molecule has 0 saturated carbocycles. The van der Waals surface area contributed by atoms with Gasteiger partial charge in [0.25, 0.3) is 17.7 Å². The molecule has 0 radical (unpaired) electrons. The largest absolute Gasteiger partial charge is 0.493 e. The number of hydrogen-bond acceptors (Lipinski definition) is 8. The molecule has 1 saturated heterocycles. The molecule has 0 aliphatic carbocycles. The number of barbiturate groups is 1. The molecule has 0 aromatic heterocycles. The molecule has 1 heterocycles. The highest BCUT2D eigenvalue weighted by atomic mass is 79.9. The molecule has 13 heteroatoms. The van der Waals surface area contributed by atoms with Crippen molar-refractivity contribution in [1.82, 2.24) is 5.32 Å². The van der Waals surface area contributed by atoms with Crippen LogP contribution in [-0.4, -0.2) is 50.7 Å². The van der Waals surface area contributed by atoms with E-state index in [9.17, 15) is 19.2 Å². The molecule has 0 bridgehead atoms. The third-order valence-corrected chi connectivity index (χ3v) is 7.03. The van der Waals surface area contributed by atoms with Crippen molar-refractivity contribution < 1.29 is 38.1 Å². The number of hydrogen-bond donors (Lipinski definition) is 2. The lowest BCUT2D eigenvalue weighted by atomic mass is 10.1. The van der Waals surface area contributed by atoms with E-state index in [0.29, 0.717) is 38.9 Å². The Balaban J connectivity index is 1.59. The number of methoxy groups -OCH3 is 1. The summed E-state index contributed by atoms with van der Waals surface area (Å²) in [4.78, 5) is 52.4. The number of ether oxygens (including phenoxy) is 4. The molecule has 1 fully saturated rings. The van der Waals surface area contributed by atoms with Gasteiger partial charge in [-0.3, -0.25) is 19.7 Å². The maximum atomic E-state index is 13.5. The molecule has 1 aliphatic rings. The summed E-state index contributed by atoms with van der Waals surface area (Å²) in [5, 5.41) is 5.26. The Labute approximate surface area is 267 Å². The number of para-hydroxylation sites is 1. The van der Waals surface area contributed by atoms with Crippen LogP contribution in [0.25, 0.3) is 6.08 Å². The number of amides is 5. The van der Waals surface area contributed by atoms with E-state index in [2.05, 4.69) is 26.6 Å². The first kappa shape index (κ1) is 32.4. The molecule has 0 spiro atoms. The van der Waals surface area contributed by atoms with Crippen LogP contribution in [0.15, 0.2) is 64.6 Å². The van der Waals surface area contributed by atoms with Crippen LogP contribution in [-0.2, 0) is 14.4 Å². The molecule has 2 N–H and O–H groups in total. The van der Waals surface area contributed by atoms with Crippen LogP contribution in [0.3, 0.4) is 0 Å². The number of carbonyl (C=O) groups excluding carboxylic acids is 4. The molecule has 44 heavy (non-hydrogen) atoms. The molecule has 11 nitrogen and oxygen atoms in total. The van der Waals surface area contributed by atoms with Crippen LogP contribution in [0.1, 0.15) is 25.8 Å². The Bertz CT molecular complexity index is 1630. The highest BCUT2D eigenvalue weighted by Gasteiger charge is 2.37. The van der Waals surface area contributed by atoms with Gasteiger partial charge in [0.2, 0.25) is 0 Å². The minimum absolute atomic E-state index is 0.182. The molecular formula is C31H29BrClN3O8. The lowest BCUT2D eigenvalue weighted by Crippen LogP contribution is -2.54. The fourth-order valence-corrected chi connectivity index (χ4v) is 4.90. The molecule has 5 amide bonds. The minimum atomic E-state index is -0.906. The van der Waals surface area contributed by atoms with Gasteiger partial charge in [-0.15, -0.1) is 0 Å². The van der Waals surface area contributed by atoms with Crippen molar-refractivity contribution in [3.8, 4) is 23.0 Å². The summed E-state index contributed by atoms with van der Waals surface area (Å²) in [5.41, 5.74) is 0.719. The van der Waals surface area contributed by atoms with Gasteiger partial charge in [-0.2, -0.15) is 0 Å². The predicted octanol–water partition coefficient (Wildman–Crippen LogP) is 5.98. The second-order valence-electron chi connectivity index (χ2n) is 9.22. The summed E-state index contributed by atoms with van der Waals surface area (Å²) in [5.74, 6) is -0.896. The number of halogens is 2. The van der Waals surface area contributed by atoms with E-state index in [4.69, 9.17) is 30.5 Å². The molecule has 4 rings (SSSR count). The van der Waals surface area contributed by atoms with E-state index in [0.717, 1.165) is 11.3 Å². The van der Waals surface area contributed by atoms with E-state index < -0.39 is 23.8 Å². The second-order valence-corrected chi connectivity index (χ2v) is 10.5. The Morgan fingerprint density at radius 1 is 1.00 bits per heavy atom. The van der Waals surface area contributed by atoms with E-state index in [1.807, 2.05) is 6.92 Å². The van der Waals surface area contributed by atoms with Gasteiger partial charge in [0.1, 0.15) is 5.57 Å². The van der Waals surface area contributed by atoms with Gasteiger partial charge in [0, 0.05) is 6.07 Å². The van der Waals surface area contributed by atoms with Crippen molar-refractivity contribution in [3.63, 3.8) is 0 Å². The average Bonchev–Trinajstić information content (AvgIpc) is 2.99. The first-order chi connectivity index (χ1) is 21.2. The number of anilines is 2. The number of carbonyl (C=O) groups is 4. The molecule has 0 atom stereocenters. The molecule has 3 aromatic rings. The van der Waals surface area contributed by atoms with Gasteiger partial charge in [-0.05, 0) is 77.3 Å². The summed E-state index contributed by atoms with van der Waals surface area (Å²) < 4.78 is 22.9. The van der Waals surface area contributed by atoms with Crippen molar-refractivity contribution in [2.75, 3.05) is 37.1 Å². The monoisotopic (exact) mass is 685 g/mol. The van der Waals surface area contributed by atoms with Gasteiger partial charge in [0.05, 0.1) is 41.2 Å². The summed E-state index contributed by atoms with van der Waals surface area (Å²) in [6.07, 6.45) is 2.11. The molecule has 3 aromatic carbocycles. The number of nitrogens with zero attached hydrogens (tertiary/aromatic N) is 1. The van der Waals surface area contributed by atoms with E-state index >= 15 is 0 Å². The van der Waals surface area contributed by atoms with Crippen molar-refractivity contribution >= 4 is 68.7 Å². The number of nitrogens with one attached hydrogen (secondary N) is 2. The molecule has 230 valence electrons. The van der Waals surface area contributed by atoms with Crippen LogP contribution in [0.2, 0.25) is 5.02 Å². The molecule has 1 aliphatic heterocycles. The fourth-order valence-electron chi connectivity index (χ4n) is 4.15. The SMILES string of the molecule is CCCOc1ccc(N2C(=O)NC(=O)/C(=C/c3cc(Br)c(OCC(=O)Nc4ccccc4Cl)c(OCC)c3)C2=O)cc1OC. The summed E-state index contributed by atoms with van der Waals surface area (Å²) in [6.45, 7) is 4.09. The van der Waals surface area contributed by atoms with E-state index in [-0.39, 0.29) is 36.0 Å². The lowest BCUT2D eigenvalue weighted by molar-refractivity contribution is -0.122. The number of imide groups is 2. The van der Waals surface area contributed by atoms with Gasteiger partial charge in [0.15, 0.2) is 29.6 Å². The lowest BCUT2D eigenvalue weighted by Gasteiger charge is -2.27. The van der Waals surface area contributed by atoms with Gasteiger partial charge in [-0.1, -0.05) is 30.7 Å². The highest BCUT2D eigenvalue weighted by Crippen LogP contribution is 2.38. The van der Waals surface area contributed by atoms with Crippen LogP contribution < -0.4 is 34.5 Å². The standard InChI is InChI=1S/C31H29BrClN3O8/c1-4-12-43-24-11-10-19(16-25(24)41-3)36-30(39)20(29(38)35-31(36)40)13-18-14-21(32)28(26(15-18)42-5-2)44-17-27(37)34-23-9-7-6-8-22(23)33/h6-11,13-16H,4-5,12,17H2,1-3H3,(H,34,37)(H,35,38,40)/b20-13-. The number of benzene rings is 3. The quantitative estimate of drug-likeness (QED) is 0.176. The summed E-state index contributed by atoms with van der Waals surface area (Å²) in [7, 11) is 1.44. The first-order valence-electron chi connectivity index (χ1n) is 13.5.